The summed E-state index contributed by atoms with van der Waals surface area (Å²) in [5.41, 5.74) is 0.859. The first kappa shape index (κ1) is 23.1. The molecule has 0 aliphatic carbocycles. The molecule has 3 aliphatic heterocycles. The molecule has 3 saturated heterocycles. The molecule has 0 radical (unpaired) electrons. The van der Waals surface area contributed by atoms with E-state index in [9.17, 15) is 24.5 Å². The van der Waals surface area contributed by atoms with Gasteiger partial charge in [-0.1, -0.05) is 13.3 Å². The molecule has 3 fully saturated rings. The minimum absolute atomic E-state index is 0.0763. The van der Waals surface area contributed by atoms with Gasteiger partial charge in [-0.25, -0.2) is 0 Å². The van der Waals surface area contributed by atoms with E-state index in [-0.39, 0.29) is 23.9 Å². The van der Waals surface area contributed by atoms with Gasteiger partial charge in [0, 0.05) is 36.8 Å². The second-order valence-electron chi connectivity index (χ2n) is 9.00. The van der Waals surface area contributed by atoms with Gasteiger partial charge < -0.3 is 16.0 Å². The number of carbonyl (C=O) groups is 3. The predicted octanol–water partition coefficient (Wildman–Crippen LogP) is 1.19. The molecule has 0 spiro atoms. The summed E-state index contributed by atoms with van der Waals surface area (Å²) in [6, 6.07) is 4.48. The van der Waals surface area contributed by atoms with Crippen molar-refractivity contribution in [3.8, 4) is 0 Å². The lowest BCUT2D eigenvalue weighted by atomic mass is 9.80. The van der Waals surface area contributed by atoms with Gasteiger partial charge in [0.05, 0.1) is 22.9 Å². The number of carbonyl (C=O) groups excluding carboxylic acids is 3. The van der Waals surface area contributed by atoms with Crippen LogP contribution < -0.4 is 21.3 Å². The van der Waals surface area contributed by atoms with Crippen LogP contribution in [0.25, 0.3) is 0 Å². The summed E-state index contributed by atoms with van der Waals surface area (Å²) in [5.74, 6) is -2.66. The van der Waals surface area contributed by atoms with Gasteiger partial charge in [-0.2, -0.15) is 0 Å². The molecule has 11 heteroatoms. The molecule has 3 aliphatic rings. The molecule has 11 nitrogen and oxygen atoms in total. The highest BCUT2D eigenvalue weighted by Crippen LogP contribution is 2.30. The molecular weight excluding hydrogens is 428 g/mol. The van der Waals surface area contributed by atoms with Crippen LogP contribution in [0.15, 0.2) is 18.2 Å². The van der Waals surface area contributed by atoms with E-state index in [0.717, 1.165) is 32.2 Å². The zero-order valence-electron chi connectivity index (χ0n) is 18.8. The monoisotopic (exact) mass is 458 g/mol. The maximum absolute atomic E-state index is 13.2. The van der Waals surface area contributed by atoms with Crippen LogP contribution in [0.2, 0.25) is 0 Å². The largest absolute Gasteiger partial charge is 0.340 e. The fourth-order valence-electron chi connectivity index (χ4n) is 5.17. The fourth-order valence-corrected chi connectivity index (χ4v) is 5.17. The van der Waals surface area contributed by atoms with Crippen LogP contribution in [-0.2, 0) is 14.4 Å². The topological polar surface area (TPSA) is 146 Å². The lowest BCUT2D eigenvalue weighted by Gasteiger charge is -2.49. The Hall–Kier alpha value is -3.05. The number of benzene rings is 1. The van der Waals surface area contributed by atoms with Crippen molar-refractivity contribution in [2.24, 2.45) is 11.8 Å². The van der Waals surface area contributed by atoms with Crippen molar-refractivity contribution in [1.82, 2.24) is 20.9 Å². The number of likely N-dealkylation sites (tertiary alicyclic amines) is 1. The van der Waals surface area contributed by atoms with Crippen LogP contribution in [0.5, 0.6) is 0 Å². The number of non-ortho nitro benzene ring substituents is 1. The number of nitrogens with zero attached hydrogens (tertiary/aromatic N) is 2. The van der Waals surface area contributed by atoms with Crippen LogP contribution in [0.4, 0.5) is 11.4 Å². The first-order chi connectivity index (χ1) is 15.8. The number of anilines is 1. The molecule has 0 aromatic heterocycles. The fraction of sp³-hybridized carbons (Fsp3) is 0.591. The SMILES string of the molecule is CCC1CCCCN1C1NC(=O)C2C(NC(=O)CC2C(=O)Nc2ccc([N+](=O)[O-])cc2C)N1. The molecule has 5 unspecified atom stereocenters. The molecular formula is C22H30N6O5. The van der Waals surface area contributed by atoms with Crippen LogP contribution in [0, 0.1) is 28.9 Å². The summed E-state index contributed by atoms with van der Waals surface area (Å²) < 4.78 is 0. The number of rotatable bonds is 5. The molecule has 1 aromatic carbocycles. The van der Waals surface area contributed by atoms with Crippen molar-refractivity contribution in [1.29, 1.82) is 0 Å². The Kier molecular flexibility index (Phi) is 6.61. The molecule has 3 amide bonds. The van der Waals surface area contributed by atoms with E-state index in [1.165, 1.54) is 18.2 Å². The predicted molar refractivity (Wildman–Crippen MR) is 120 cm³/mol. The second kappa shape index (κ2) is 9.44. The highest BCUT2D eigenvalue weighted by Gasteiger charge is 2.49. The third-order valence-electron chi connectivity index (χ3n) is 6.92. The van der Waals surface area contributed by atoms with E-state index in [1.807, 2.05) is 0 Å². The van der Waals surface area contributed by atoms with Crippen molar-refractivity contribution in [3.63, 3.8) is 0 Å². The number of hydrogen-bond donors (Lipinski definition) is 4. The third kappa shape index (κ3) is 4.69. The molecule has 4 rings (SSSR count). The number of fused-ring (bicyclic) bond motifs is 1. The normalized spacial score (nSPS) is 30.1. The third-order valence-corrected chi connectivity index (χ3v) is 6.92. The summed E-state index contributed by atoms with van der Waals surface area (Å²) in [5, 5.41) is 22.9. The summed E-state index contributed by atoms with van der Waals surface area (Å²) in [6.45, 7) is 4.63. The molecule has 3 heterocycles. The van der Waals surface area contributed by atoms with Crippen molar-refractivity contribution < 1.29 is 19.3 Å². The summed E-state index contributed by atoms with van der Waals surface area (Å²) in [6.07, 6.45) is 3.06. The first-order valence-electron chi connectivity index (χ1n) is 11.5. The number of nitro groups is 1. The van der Waals surface area contributed by atoms with Crippen LogP contribution >= 0.6 is 0 Å². The van der Waals surface area contributed by atoms with Crippen LogP contribution in [0.3, 0.4) is 0 Å². The standard InChI is InChI=1S/C22H30N6O5/c1-3-13-6-4-5-9-27(13)22-25-19-18(21(31)26-22)15(11-17(29)24-19)20(30)23-16-8-7-14(28(32)33)10-12(16)2/h7-8,10,13,15,18-19,22,25H,3-6,9,11H2,1-2H3,(H,23,30)(H,24,29)(H,26,31). The minimum atomic E-state index is -0.866. The Bertz CT molecular complexity index is 969. The molecule has 0 saturated carbocycles. The molecule has 1 aromatic rings. The second-order valence-corrected chi connectivity index (χ2v) is 9.00. The summed E-state index contributed by atoms with van der Waals surface area (Å²) in [7, 11) is 0. The number of nitrogens with one attached hydrogen (secondary N) is 4. The van der Waals surface area contributed by atoms with Gasteiger partial charge in [0.15, 0.2) is 0 Å². The maximum Gasteiger partial charge on any atom is 0.269 e. The van der Waals surface area contributed by atoms with Crippen molar-refractivity contribution in [2.75, 3.05) is 11.9 Å². The maximum atomic E-state index is 13.2. The van der Waals surface area contributed by atoms with Crippen molar-refractivity contribution in [2.45, 2.75) is 64.4 Å². The van der Waals surface area contributed by atoms with Gasteiger partial charge >= 0.3 is 0 Å². The lowest BCUT2D eigenvalue weighted by molar-refractivity contribution is -0.384. The average Bonchev–Trinajstić information content (AvgIpc) is 2.79. The summed E-state index contributed by atoms with van der Waals surface area (Å²) >= 11 is 0. The minimum Gasteiger partial charge on any atom is -0.340 e. The lowest BCUT2D eigenvalue weighted by Crippen LogP contribution is -2.75. The molecule has 0 bridgehead atoms. The number of amides is 3. The van der Waals surface area contributed by atoms with E-state index in [1.54, 1.807) is 6.92 Å². The number of hydrogen-bond acceptors (Lipinski definition) is 7. The van der Waals surface area contributed by atoms with E-state index in [0.29, 0.717) is 17.3 Å². The van der Waals surface area contributed by atoms with Gasteiger partial charge in [0.1, 0.15) is 6.29 Å². The first-order valence-corrected chi connectivity index (χ1v) is 11.5. The average molecular weight is 459 g/mol. The molecule has 4 N–H and O–H groups in total. The van der Waals surface area contributed by atoms with Crippen molar-refractivity contribution in [3.05, 3.63) is 33.9 Å². The van der Waals surface area contributed by atoms with Gasteiger partial charge in [0.25, 0.3) is 5.69 Å². The molecule has 178 valence electrons. The van der Waals surface area contributed by atoms with E-state index < -0.39 is 35.1 Å². The quantitative estimate of drug-likeness (QED) is 0.383. The Labute approximate surface area is 191 Å². The molecule has 33 heavy (non-hydrogen) atoms. The zero-order valence-corrected chi connectivity index (χ0v) is 18.8. The highest BCUT2D eigenvalue weighted by molar-refractivity contribution is 6.00. The van der Waals surface area contributed by atoms with Gasteiger partial charge in [-0.15, -0.1) is 0 Å². The Morgan fingerprint density at radius 1 is 1.27 bits per heavy atom. The number of nitro benzene ring substituents is 1. The smallest absolute Gasteiger partial charge is 0.269 e. The van der Waals surface area contributed by atoms with Gasteiger partial charge in [-0.3, -0.25) is 34.7 Å². The van der Waals surface area contributed by atoms with E-state index in [4.69, 9.17) is 0 Å². The molecule has 5 atom stereocenters. The van der Waals surface area contributed by atoms with E-state index >= 15 is 0 Å². The van der Waals surface area contributed by atoms with Crippen LogP contribution in [-0.4, -0.2) is 52.6 Å². The Balaban J connectivity index is 1.50. The van der Waals surface area contributed by atoms with E-state index in [2.05, 4.69) is 33.1 Å². The Morgan fingerprint density at radius 3 is 2.76 bits per heavy atom. The number of piperidine rings is 2. The number of aryl methyl sites for hydroxylation is 1. The Morgan fingerprint density at radius 2 is 2.06 bits per heavy atom. The zero-order chi connectivity index (χ0) is 23.7. The highest BCUT2D eigenvalue weighted by atomic mass is 16.6. The van der Waals surface area contributed by atoms with Crippen LogP contribution in [0.1, 0.15) is 44.6 Å². The van der Waals surface area contributed by atoms with Gasteiger partial charge in [0.2, 0.25) is 17.7 Å². The summed E-state index contributed by atoms with van der Waals surface area (Å²) in [4.78, 5) is 51.4. The van der Waals surface area contributed by atoms with Gasteiger partial charge in [-0.05, 0) is 37.8 Å². The van der Waals surface area contributed by atoms with Crippen molar-refractivity contribution >= 4 is 29.1 Å².